The van der Waals surface area contributed by atoms with E-state index < -0.39 is 0 Å². The molecule has 1 atom stereocenters. The molecule has 5 nitrogen and oxygen atoms in total. The molecule has 22 heavy (non-hydrogen) atoms. The van der Waals surface area contributed by atoms with Gasteiger partial charge in [0.05, 0.1) is 12.8 Å². The van der Waals surface area contributed by atoms with Crippen molar-refractivity contribution >= 4 is 23.8 Å². The van der Waals surface area contributed by atoms with Gasteiger partial charge in [0, 0.05) is 30.7 Å². The number of halogens is 1. The Hall–Kier alpha value is -1.21. The van der Waals surface area contributed by atoms with Crippen molar-refractivity contribution in [2.24, 2.45) is 7.05 Å². The Morgan fingerprint density at radius 3 is 2.77 bits per heavy atom. The number of aliphatic hydroxyl groups excluding tert-OH is 1. The summed E-state index contributed by atoms with van der Waals surface area (Å²) in [6.45, 7) is 2.25. The van der Waals surface area contributed by atoms with Gasteiger partial charge < -0.3 is 9.67 Å². The molecule has 1 aromatic heterocycles. The molecule has 0 amide bonds. The van der Waals surface area contributed by atoms with Gasteiger partial charge in [-0.15, -0.1) is 0 Å². The summed E-state index contributed by atoms with van der Waals surface area (Å²) in [4.78, 5) is 2.18. The van der Waals surface area contributed by atoms with E-state index in [1.54, 1.807) is 0 Å². The van der Waals surface area contributed by atoms with Crippen LogP contribution >= 0.6 is 23.8 Å². The lowest BCUT2D eigenvalue weighted by atomic mass is 10.1. The zero-order valence-electron chi connectivity index (χ0n) is 12.4. The highest BCUT2D eigenvalue weighted by Gasteiger charge is 2.19. The molecular formula is C15H19ClN4OS. The number of aliphatic hydroxyl groups is 1. The van der Waals surface area contributed by atoms with E-state index in [0.29, 0.717) is 23.0 Å². The van der Waals surface area contributed by atoms with Gasteiger partial charge in [-0.1, -0.05) is 11.6 Å². The average molecular weight is 339 g/mol. The smallest absolute Gasteiger partial charge is 0.199 e. The van der Waals surface area contributed by atoms with Crippen LogP contribution in [0.5, 0.6) is 0 Å². The van der Waals surface area contributed by atoms with Gasteiger partial charge in [0.1, 0.15) is 0 Å². The summed E-state index contributed by atoms with van der Waals surface area (Å²) >= 11 is 11.4. The molecule has 2 heterocycles. The molecule has 0 radical (unpaired) electrons. The molecule has 7 heteroatoms. The van der Waals surface area contributed by atoms with Crippen molar-refractivity contribution in [1.82, 2.24) is 19.2 Å². The van der Waals surface area contributed by atoms with Crippen molar-refractivity contribution in [3.8, 4) is 11.4 Å². The van der Waals surface area contributed by atoms with Gasteiger partial charge in [-0.2, -0.15) is 5.10 Å². The van der Waals surface area contributed by atoms with Crippen LogP contribution in [0.2, 0.25) is 5.02 Å². The highest BCUT2D eigenvalue weighted by molar-refractivity contribution is 7.71. The van der Waals surface area contributed by atoms with E-state index in [2.05, 4.69) is 10.00 Å². The van der Waals surface area contributed by atoms with Gasteiger partial charge in [0.25, 0.3) is 0 Å². The van der Waals surface area contributed by atoms with E-state index in [1.165, 1.54) is 0 Å². The van der Waals surface area contributed by atoms with Crippen LogP contribution in [0.25, 0.3) is 11.4 Å². The number of nitrogens with zero attached hydrogens (tertiary/aromatic N) is 4. The van der Waals surface area contributed by atoms with Crippen LogP contribution < -0.4 is 0 Å². The predicted molar refractivity (Wildman–Crippen MR) is 89.3 cm³/mol. The van der Waals surface area contributed by atoms with Crippen LogP contribution in [0, 0.1) is 4.77 Å². The molecular weight excluding hydrogens is 320 g/mol. The number of hydrogen-bond acceptors (Lipinski definition) is 4. The molecule has 1 aliphatic rings. The van der Waals surface area contributed by atoms with Gasteiger partial charge in [-0.3, -0.25) is 4.90 Å². The minimum atomic E-state index is -0.248. The molecule has 0 bridgehead atoms. The first-order chi connectivity index (χ1) is 10.5. The first kappa shape index (κ1) is 15.7. The number of likely N-dealkylation sites (tertiary alicyclic amines) is 1. The molecule has 1 aliphatic heterocycles. The highest BCUT2D eigenvalue weighted by atomic mass is 35.5. The third-order valence-corrected chi connectivity index (χ3v) is 4.69. The Balaban J connectivity index is 1.86. The van der Waals surface area contributed by atoms with E-state index in [-0.39, 0.29) is 6.10 Å². The fraction of sp³-hybridized carbons (Fsp3) is 0.467. The van der Waals surface area contributed by atoms with E-state index in [1.807, 2.05) is 40.6 Å². The highest BCUT2D eigenvalue weighted by Crippen LogP contribution is 2.20. The van der Waals surface area contributed by atoms with Gasteiger partial charge >= 0.3 is 0 Å². The number of aromatic nitrogens is 3. The monoisotopic (exact) mass is 338 g/mol. The van der Waals surface area contributed by atoms with Crippen molar-refractivity contribution in [2.75, 3.05) is 13.1 Å². The molecule has 0 aliphatic carbocycles. The van der Waals surface area contributed by atoms with Gasteiger partial charge in [0.2, 0.25) is 0 Å². The molecule has 2 aromatic rings. The van der Waals surface area contributed by atoms with E-state index in [0.717, 1.165) is 30.8 Å². The number of benzene rings is 1. The first-order valence-electron chi connectivity index (χ1n) is 7.35. The summed E-state index contributed by atoms with van der Waals surface area (Å²) in [6.07, 6.45) is 1.63. The third-order valence-electron chi connectivity index (χ3n) is 3.96. The molecule has 1 N–H and O–H groups in total. The molecule has 1 saturated heterocycles. The van der Waals surface area contributed by atoms with Gasteiger partial charge in [-0.25, -0.2) is 4.68 Å². The van der Waals surface area contributed by atoms with Crippen LogP contribution in [0.4, 0.5) is 0 Å². The maximum absolute atomic E-state index is 9.78. The van der Waals surface area contributed by atoms with Crippen LogP contribution in [-0.4, -0.2) is 43.5 Å². The van der Waals surface area contributed by atoms with Crippen molar-refractivity contribution in [3.63, 3.8) is 0 Å². The molecule has 1 aromatic carbocycles. The van der Waals surface area contributed by atoms with Crippen molar-refractivity contribution in [3.05, 3.63) is 34.1 Å². The SMILES string of the molecule is Cn1c(-c2ccc(Cl)cc2)nn(CN2CCC[C@@H](O)C2)c1=S. The minimum Gasteiger partial charge on any atom is -0.392 e. The van der Waals surface area contributed by atoms with E-state index in [9.17, 15) is 5.11 Å². The molecule has 3 rings (SSSR count). The van der Waals surface area contributed by atoms with Gasteiger partial charge in [0.15, 0.2) is 10.6 Å². The maximum Gasteiger partial charge on any atom is 0.199 e. The first-order valence-corrected chi connectivity index (χ1v) is 8.13. The summed E-state index contributed by atoms with van der Waals surface area (Å²) in [5, 5.41) is 15.1. The summed E-state index contributed by atoms with van der Waals surface area (Å²) in [5.41, 5.74) is 0.982. The fourth-order valence-electron chi connectivity index (χ4n) is 2.78. The number of hydrogen-bond donors (Lipinski definition) is 1. The van der Waals surface area contributed by atoms with Crippen molar-refractivity contribution in [1.29, 1.82) is 0 Å². The Morgan fingerprint density at radius 2 is 2.09 bits per heavy atom. The normalized spacial score (nSPS) is 19.5. The summed E-state index contributed by atoms with van der Waals surface area (Å²) in [7, 11) is 1.92. The molecule has 0 spiro atoms. The molecule has 0 unspecified atom stereocenters. The standard InChI is InChI=1S/C15H19ClN4OS/c1-18-14(11-4-6-12(16)7-5-11)17-20(15(18)22)10-19-8-2-3-13(21)9-19/h4-7,13,21H,2-3,8-10H2,1H3/t13-/m1/s1. The quantitative estimate of drug-likeness (QED) is 0.874. The maximum atomic E-state index is 9.78. The third kappa shape index (κ3) is 3.25. The van der Waals surface area contributed by atoms with Crippen LogP contribution in [0.1, 0.15) is 12.8 Å². The average Bonchev–Trinajstić information content (AvgIpc) is 2.77. The second kappa shape index (κ2) is 6.50. The lowest BCUT2D eigenvalue weighted by Crippen LogP contribution is -2.39. The predicted octanol–water partition coefficient (Wildman–Crippen LogP) is 2.69. The zero-order valence-corrected chi connectivity index (χ0v) is 14.0. The number of rotatable bonds is 3. The van der Waals surface area contributed by atoms with E-state index in [4.69, 9.17) is 23.8 Å². The summed E-state index contributed by atoms with van der Waals surface area (Å²) in [6, 6.07) is 7.57. The van der Waals surface area contributed by atoms with Crippen molar-refractivity contribution < 1.29 is 5.11 Å². The zero-order chi connectivity index (χ0) is 15.7. The van der Waals surface area contributed by atoms with Crippen LogP contribution in [-0.2, 0) is 13.7 Å². The lowest BCUT2D eigenvalue weighted by molar-refractivity contribution is 0.0513. The Morgan fingerprint density at radius 1 is 1.36 bits per heavy atom. The summed E-state index contributed by atoms with van der Waals surface area (Å²) in [5.74, 6) is 0.819. The molecule has 1 fully saturated rings. The van der Waals surface area contributed by atoms with Crippen molar-refractivity contribution in [2.45, 2.75) is 25.6 Å². The Kier molecular flexibility index (Phi) is 4.63. The molecule has 0 saturated carbocycles. The second-order valence-electron chi connectivity index (χ2n) is 5.69. The minimum absolute atomic E-state index is 0.248. The summed E-state index contributed by atoms with van der Waals surface area (Å²) < 4.78 is 4.39. The molecule has 118 valence electrons. The Labute approximate surface area is 139 Å². The lowest BCUT2D eigenvalue weighted by Gasteiger charge is -2.29. The van der Waals surface area contributed by atoms with Crippen LogP contribution in [0.15, 0.2) is 24.3 Å². The van der Waals surface area contributed by atoms with E-state index >= 15 is 0 Å². The largest absolute Gasteiger partial charge is 0.392 e. The number of β-amino-alcohol motifs (C(OH)–C–C–N with tert-alkyl or cyclic N) is 1. The second-order valence-corrected chi connectivity index (χ2v) is 6.49. The number of piperidine rings is 1. The van der Waals surface area contributed by atoms with Gasteiger partial charge in [-0.05, 0) is 49.3 Å². The fourth-order valence-corrected chi connectivity index (χ4v) is 3.09. The van der Waals surface area contributed by atoms with Crippen LogP contribution in [0.3, 0.4) is 0 Å². The Bertz CT molecular complexity index is 709. The topological polar surface area (TPSA) is 46.2 Å².